The third-order valence-corrected chi connectivity index (χ3v) is 4.60. The van der Waals surface area contributed by atoms with Crippen LogP contribution in [0, 0.1) is 5.82 Å². The number of carbonyl (C=O) groups is 1. The van der Waals surface area contributed by atoms with Gasteiger partial charge in [0.05, 0.1) is 0 Å². The Morgan fingerprint density at radius 3 is 2.28 bits per heavy atom. The van der Waals surface area contributed by atoms with E-state index in [0.29, 0.717) is 19.0 Å². The van der Waals surface area contributed by atoms with E-state index < -0.39 is 0 Å². The highest BCUT2D eigenvalue weighted by atomic mass is 127. The molecule has 2 amide bonds. The van der Waals surface area contributed by atoms with Gasteiger partial charge in [-0.05, 0) is 48.2 Å². The monoisotopic (exact) mass is 511 g/mol. The van der Waals surface area contributed by atoms with Gasteiger partial charge in [-0.3, -0.25) is 4.99 Å². The Kier molecular flexibility index (Phi) is 9.17. The van der Waals surface area contributed by atoms with Crippen LogP contribution in [0.1, 0.15) is 24.0 Å². The maximum absolute atomic E-state index is 13.3. The van der Waals surface area contributed by atoms with Gasteiger partial charge in [-0.15, -0.1) is 24.0 Å². The number of likely N-dealkylation sites (tertiary alicyclic amines) is 1. The van der Waals surface area contributed by atoms with E-state index in [9.17, 15) is 9.18 Å². The molecule has 0 radical (unpaired) electrons. The molecule has 6 nitrogen and oxygen atoms in total. The Hall–Kier alpha value is -2.36. The third kappa shape index (κ3) is 7.19. The van der Waals surface area contributed by atoms with Crippen molar-refractivity contribution in [2.45, 2.75) is 25.9 Å². The normalized spacial score (nSPS) is 13.6. The minimum Gasteiger partial charge on any atom is -0.352 e. The number of amides is 2. The molecule has 0 bridgehead atoms. The third-order valence-electron chi connectivity index (χ3n) is 4.60. The summed E-state index contributed by atoms with van der Waals surface area (Å²) in [5, 5.41) is 9.35. The average Bonchev–Trinajstić information content (AvgIpc) is 3.23. The van der Waals surface area contributed by atoms with E-state index in [1.165, 1.54) is 12.1 Å². The van der Waals surface area contributed by atoms with Crippen LogP contribution in [0.15, 0.2) is 53.5 Å². The molecule has 0 aromatic heterocycles. The van der Waals surface area contributed by atoms with Crippen LogP contribution >= 0.6 is 24.0 Å². The number of nitrogens with zero attached hydrogens (tertiary/aromatic N) is 2. The maximum atomic E-state index is 13.3. The quantitative estimate of drug-likeness (QED) is 0.324. The van der Waals surface area contributed by atoms with Crippen molar-refractivity contribution >= 4 is 41.7 Å². The molecule has 0 saturated carbocycles. The van der Waals surface area contributed by atoms with Crippen molar-refractivity contribution in [3.05, 3.63) is 65.5 Å². The lowest BCUT2D eigenvalue weighted by Gasteiger charge is -2.17. The predicted molar refractivity (Wildman–Crippen MR) is 125 cm³/mol. The van der Waals surface area contributed by atoms with E-state index in [4.69, 9.17) is 0 Å². The van der Waals surface area contributed by atoms with Gasteiger partial charge >= 0.3 is 6.03 Å². The van der Waals surface area contributed by atoms with Crippen LogP contribution in [0.4, 0.5) is 14.9 Å². The number of hydrogen-bond acceptors (Lipinski definition) is 2. The van der Waals surface area contributed by atoms with Gasteiger partial charge < -0.3 is 20.9 Å². The Morgan fingerprint density at radius 1 is 1.03 bits per heavy atom. The van der Waals surface area contributed by atoms with Gasteiger partial charge in [0.15, 0.2) is 5.96 Å². The van der Waals surface area contributed by atoms with E-state index in [1.54, 1.807) is 13.1 Å². The Balaban J connectivity index is 0.00000300. The zero-order valence-electron chi connectivity index (χ0n) is 16.5. The predicted octanol–water partition coefficient (Wildman–Crippen LogP) is 3.94. The summed E-state index contributed by atoms with van der Waals surface area (Å²) in [6.45, 7) is 2.67. The molecule has 1 saturated heterocycles. The van der Waals surface area contributed by atoms with E-state index in [0.717, 1.165) is 42.7 Å². The summed E-state index contributed by atoms with van der Waals surface area (Å²) in [5.41, 5.74) is 2.64. The summed E-state index contributed by atoms with van der Waals surface area (Å²) in [7, 11) is 1.69. The van der Waals surface area contributed by atoms with Crippen LogP contribution < -0.4 is 16.0 Å². The number of nitrogens with one attached hydrogen (secondary N) is 3. The van der Waals surface area contributed by atoms with Gasteiger partial charge in [-0.1, -0.05) is 24.3 Å². The van der Waals surface area contributed by atoms with E-state index in [1.807, 2.05) is 35.2 Å². The SMILES string of the molecule is CN=C(NCc1cccc(F)c1)NCc1cccc(NC(=O)N2CCCC2)c1.I. The molecule has 0 aliphatic carbocycles. The Bertz CT molecular complexity index is 839. The summed E-state index contributed by atoms with van der Waals surface area (Å²) in [6, 6.07) is 14.1. The first-order chi connectivity index (χ1) is 13.6. The first kappa shape index (κ1) is 22.9. The summed E-state index contributed by atoms with van der Waals surface area (Å²) in [6.07, 6.45) is 2.14. The highest BCUT2D eigenvalue weighted by molar-refractivity contribution is 14.0. The maximum Gasteiger partial charge on any atom is 0.321 e. The van der Waals surface area contributed by atoms with Crippen molar-refractivity contribution in [1.82, 2.24) is 15.5 Å². The lowest BCUT2D eigenvalue weighted by molar-refractivity contribution is 0.222. The molecule has 8 heteroatoms. The van der Waals surface area contributed by atoms with Crippen molar-refractivity contribution in [2.24, 2.45) is 4.99 Å². The Morgan fingerprint density at radius 2 is 1.66 bits per heavy atom. The van der Waals surface area contributed by atoms with Crippen molar-refractivity contribution in [1.29, 1.82) is 0 Å². The number of hydrogen-bond donors (Lipinski definition) is 3. The average molecular weight is 511 g/mol. The van der Waals surface area contributed by atoms with Crippen molar-refractivity contribution in [2.75, 3.05) is 25.5 Å². The molecule has 2 aromatic carbocycles. The number of benzene rings is 2. The summed E-state index contributed by atoms with van der Waals surface area (Å²) < 4.78 is 13.3. The molecular weight excluding hydrogens is 484 g/mol. The second-order valence-electron chi connectivity index (χ2n) is 6.73. The van der Waals surface area contributed by atoms with Gasteiger partial charge in [-0.25, -0.2) is 9.18 Å². The number of anilines is 1. The minimum absolute atomic E-state index is 0. The Labute approximate surface area is 188 Å². The second kappa shape index (κ2) is 11.6. The molecule has 1 aliphatic heterocycles. The zero-order chi connectivity index (χ0) is 19.8. The minimum atomic E-state index is -0.255. The van der Waals surface area contributed by atoms with Gasteiger partial charge in [0.2, 0.25) is 0 Å². The topological polar surface area (TPSA) is 68.8 Å². The fourth-order valence-electron chi connectivity index (χ4n) is 3.12. The molecular formula is C21H27FIN5O. The van der Waals surface area contributed by atoms with Crippen LogP contribution in [-0.2, 0) is 13.1 Å². The number of halogens is 2. The lowest BCUT2D eigenvalue weighted by atomic mass is 10.2. The fourth-order valence-corrected chi connectivity index (χ4v) is 3.12. The number of aliphatic imine (C=N–C) groups is 1. The molecule has 2 aromatic rings. The molecule has 1 fully saturated rings. The molecule has 0 atom stereocenters. The van der Waals surface area contributed by atoms with Crippen LogP contribution in [0.25, 0.3) is 0 Å². The highest BCUT2D eigenvalue weighted by Crippen LogP contribution is 2.14. The van der Waals surface area contributed by atoms with Crippen LogP contribution in [0.3, 0.4) is 0 Å². The molecule has 0 unspecified atom stereocenters. The van der Waals surface area contributed by atoms with Gasteiger partial charge in [-0.2, -0.15) is 0 Å². The molecule has 3 N–H and O–H groups in total. The van der Waals surface area contributed by atoms with Crippen LogP contribution in [0.2, 0.25) is 0 Å². The summed E-state index contributed by atoms with van der Waals surface area (Å²) in [4.78, 5) is 18.3. The van der Waals surface area contributed by atoms with Crippen molar-refractivity contribution < 1.29 is 9.18 Å². The summed E-state index contributed by atoms with van der Waals surface area (Å²) in [5.74, 6) is 0.366. The molecule has 156 valence electrons. The largest absolute Gasteiger partial charge is 0.352 e. The van der Waals surface area contributed by atoms with Crippen molar-refractivity contribution in [3.8, 4) is 0 Å². The molecule has 3 rings (SSSR count). The molecule has 29 heavy (non-hydrogen) atoms. The molecule has 1 aliphatic rings. The van der Waals surface area contributed by atoms with E-state index >= 15 is 0 Å². The van der Waals surface area contributed by atoms with Gasteiger partial charge in [0, 0.05) is 38.9 Å². The number of rotatable bonds is 5. The van der Waals surface area contributed by atoms with Gasteiger partial charge in [0.25, 0.3) is 0 Å². The van der Waals surface area contributed by atoms with Crippen LogP contribution in [-0.4, -0.2) is 37.0 Å². The highest BCUT2D eigenvalue weighted by Gasteiger charge is 2.17. The fraction of sp³-hybridized carbons (Fsp3) is 0.333. The molecule has 1 heterocycles. The second-order valence-corrected chi connectivity index (χ2v) is 6.73. The number of guanidine groups is 1. The van der Waals surface area contributed by atoms with E-state index in [-0.39, 0.29) is 35.8 Å². The summed E-state index contributed by atoms with van der Waals surface area (Å²) >= 11 is 0. The molecule has 0 spiro atoms. The zero-order valence-corrected chi connectivity index (χ0v) is 18.8. The van der Waals surface area contributed by atoms with E-state index in [2.05, 4.69) is 20.9 Å². The smallest absolute Gasteiger partial charge is 0.321 e. The first-order valence-corrected chi connectivity index (χ1v) is 9.48. The van der Waals surface area contributed by atoms with Gasteiger partial charge in [0.1, 0.15) is 5.82 Å². The number of urea groups is 1. The number of carbonyl (C=O) groups excluding carboxylic acids is 1. The first-order valence-electron chi connectivity index (χ1n) is 9.48. The standard InChI is InChI=1S/C21H26FN5O.HI/c1-23-20(24-14-16-6-4-8-18(22)12-16)25-15-17-7-5-9-19(13-17)26-21(28)27-10-2-3-11-27;/h4-9,12-13H,2-3,10-11,14-15H2,1H3,(H,26,28)(H2,23,24,25);1H. The van der Waals surface area contributed by atoms with Crippen molar-refractivity contribution in [3.63, 3.8) is 0 Å². The lowest BCUT2D eigenvalue weighted by Crippen LogP contribution is -2.36. The van der Waals surface area contributed by atoms with Crippen LogP contribution in [0.5, 0.6) is 0 Å².